The minimum atomic E-state index is -0.0152. The van der Waals surface area contributed by atoms with Crippen LogP contribution in [0.3, 0.4) is 0 Å². The van der Waals surface area contributed by atoms with Gasteiger partial charge in [0.05, 0.1) is 5.52 Å². The number of nitrogens with zero attached hydrogens (tertiary/aromatic N) is 6. The zero-order valence-corrected chi connectivity index (χ0v) is 20.7. The lowest BCUT2D eigenvalue weighted by Gasteiger charge is -2.36. The summed E-state index contributed by atoms with van der Waals surface area (Å²) >= 11 is 7.56. The maximum atomic E-state index is 13.0. The summed E-state index contributed by atoms with van der Waals surface area (Å²) in [5.41, 5.74) is 1.89. The number of aryl methyl sites for hydroxylation is 2. The molecule has 10 heteroatoms. The Morgan fingerprint density at radius 1 is 1.15 bits per heavy atom. The van der Waals surface area contributed by atoms with Crippen LogP contribution in [-0.4, -0.2) is 56.2 Å². The Balaban J connectivity index is 1.29. The minimum absolute atomic E-state index is 0.0152. The summed E-state index contributed by atoms with van der Waals surface area (Å²) in [4.78, 5) is 30.1. The van der Waals surface area contributed by atoms with Gasteiger partial charge < -0.3 is 9.80 Å². The van der Waals surface area contributed by atoms with Crippen LogP contribution in [0, 0.1) is 0 Å². The summed E-state index contributed by atoms with van der Waals surface area (Å²) in [5, 5.41) is 11.4. The predicted octanol–water partition coefficient (Wildman–Crippen LogP) is 3.84. The van der Waals surface area contributed by atoms with E-state index in [0.717, 1.165) is 48.0 Å². The molecule has 4 aromatic rings. The molecule has 1 aliphatic heterocycles. The number of benzene rings is 1. The van der Waals surface area contributed by atoms with Crippen molar-refractivity contribution in [3.63, 3.8) is 0 Å². The average molecular weight is 499 g/mol. The van der Waals surface area contributed by atoms with Crippen molar-refractivity contribution in [2.45, 2.75) is 39.2 Å². The van der Waals surface area contributed by atoms with Gasteiger partial charge in [-0.15, -0.1) is 21.5 Å². The Hall–Kier alpha value is -2.91. The van der Waals surface area contributed by atoms with E-state index in [-0.39, 0.29) is 11.5 Å². The molecule has 1 fully saturated rings. The Labute approximate surface area is 206 Å². The van der Waals surface area contributed by atoms with Crippen molar-refractivity contribution in [2.24, 2.45) is 0 Å². The monoisotopic (exact) mass is 498 g/mol. The van der Waals surface area contributed by atoms with Gasteiger partial charge in [0, 0.05) is 56.3 Å². The molecule has 1 saturated heterocycles. The van der Waals surface area contributed by atoms with Crippen molar-refractivity contribution in [2.75, 3.05) is 31.1 Å². The number of aromatic nitrogens is 4. The lowest BCUT2D eigenvalue weighted by atomic mass is 10.2. The van der Waals surface area contributed by atoms with Gasteiger partial charge in [-0.05, 0) is 36.1 Å². The third-order valence-electron chi connectivity index (χ3n) is 6.38. The van der Waals surface area contributed by atoms with Gasteiger partial charge in [0.25, 0.3) is 5.56 Å². The quantitative estimate of drug-likeness (QED) is 0.387. The van der Waals surface area contributed by atoms with E-state index in [4.69, 9.17) is 11.6 Å². The number of halogens is 1. The van der Waals surface area contributed by atoms with E-state index in [0.29, 0.717) is 43.0 Å². The highest BCUT2D eigenvalue weighted by Gasteiger charge is 2.23. The highest BCUT2D eigenvalue weighted by molar-refractivity contribution is 7.17. The van der Waals surface area contributed by atoms with Crippen LogP contribution in [0.5, 0.6) is 0 Å². The molecular weight excluding hydrogens is 472 g/mol. The first kappa shape index (κ1) is 22.9. The standard InChI is InChI=1S/C24H27ClN6O2S/c1-2-3-10-30-23(33)22-19(9-15-34-22)31-20(26-27-24(30)31)7-8-21(32)29-13-11-28(12-14-29)18-6-4-5-17(25)16-18/h4-6,9,15-16H,2-3,7-8,10-14H2,1H3. The summed E-state index contributed by atoms with van der Waals surface area (Å²) in [6, 6.07) is 9.75. The summed E-state index contributed by atoms with van der Waals surface area (Å²) in [6.45, 7) is 5.62. The van der Waals surface area contributed by atoms with Crippen molar-refractivity contribution in [3.05, 3.63) is 56.9 Å². The van der Waals surface area contributed by atoms with Gasteiger partial charge in [0.15, 0.2) is 0 Å². The molecule has 0 saturated carbocycles. The SMILES string of the molecule is CCCCn1c(=O)c2sccc2n2c(CCC(=O)N3CCN(c4cccc(Cl)c4)CC3)nnc12. The summed E-state index contributed by atoms with van der Waals surface area (Å²) < 4.78 is 4.37. The Bertz CT molecular complexity index is 1390. The fourth-order valence-electron chi connectivity index (χ4n) is 4.52. The predicted molar refractivity (Wildman–Crippen MR) is 136 cm³/mol. The van der Waals surface area contributed by atoms with Gasteiger partial charge in [-0.3, -0.25) is 18.6 Å². The highest BCUT2D eigenvalue weighted by Crippen LogP contribution is 2.22. The van der Waals surface area contributed by atoms with E-state index in [1.165, 1.54) is 11.3 Å². The second kappa shape index (κ2) is 9.76. The number of carbonyl (C=O) groups is 1. The minimum Gasteiger partial charge on any atom is -0.368 e. The van der Waals surface area contributed by atoms with Crippen LogP contribution in [0.1, 0.15) is 32.0 Å². The molecule has 0 aliphatic carbocycles. The van der Waals surface area contributed by atoms with Crippen molar-refractivity contribution in [1.29, 1.82) is 0 Å². The number of hydrogen-bond donors (Lipinski definition) is 0. The number of thiophene rings is 1. The fourth-order valence-corrected chi connectivity index (χ4v) is 5.53. The molecule has 1 aromatic carbocycles. The average Bonchev–Trinajstić information content (AvgIpc) is 3.50. The van der Waals surface area contributed by atoms with Crippen LogP contribution in [0.15, 0.2) is 40.5 Å². The molecular formula is C24H27ClN6O2S. The van der Waals surface area contributed by atoms with E-state index in [1.54, 1.807) is 4.57 Å². The second-order valence-electron chi connectivity index (χ2n) is 8.54. The summed E-state index contributed by atoms with van der Waals surface area (Å²) in [5.74, 6) is 1.39. The van der Waals surface area contributed by atoms with Crippen molar-refractivity contribution < 1.29 is 4.79 Å². The molecule has 0 bridgehead atoms. The third kappa shape index (κ3) is 4.30. The highest BCUT2D eigenvalue weighted by atomic mass is 35.5. The van der Waals surface area contributed by atoms with Crippen LogP contribution < -0.4 is 10.5 Å². The molecule has 3 aromatic heterocycles. The van der Waals surface area contributed by atoms with Gasteiger partial charge in [-0.2, -0.15) is 0 Å². The number of fused-ring (bicyclic) bond motifs is 3. The maximum absolute atomic E-state index is 13.0. The van der Waals surface area contributed by atoms with Crippen molar-refractivity contribution >= 4 is 50.5 Å². The molecule has 4 heterocycles. The van der Waals surface area contributed by atoms with Gasteiger partial charge in [-0.25, -0.2) is 0 Å². The fraction of sp³-hybridized carbons (Fsp3) is 0.417. The molecule has 0 radical (unpaired) electrons. The van der Waals surface area contributed by atoms with Gasteiger partial charge in [-0.1, -0.05) is 31.0 Å². The number of amides is 1. The van der Waals surface area contributed by atoms with Gasteiger partial charge >= 0.3 is 0 Å². The van der Waals surface area contributed by atoms with Crippen LogP contribution >= 0.6 is 22.9 Å². The first-order valence-electron chi connectivity index (χ1n) is 11.7. The smallest absolute Gasteiger partial charge is 0.272 e. The molecule has 0 atom stereocenters. The molecule has 5 rings (SSSR count). The molecule has 1 aliphatic rings. The summed E-state index contributed by atoms with van der Waals surface area (Å²) in [6.07, 6.45) is 2.72. The van der Waals surface area contributed by atoms with E-state index >= 15 is 0 Å². The summed E-state index contributed by atoms with van der Waals surface area (Å²) in [7, 11) is 0. The first-order valence-corrected chi connectivity index (χ1v) is 12.9. The molecule has 0 unspecified atom stereocenters. The number of hydrogen-bond acceptors (Lipinski definition) is 6. The van der Waals surface area contributed by atoms with E-state index in [1.807, 2.05) is 45.0 Å². The van der Waals surface area contributed by atoms with E-state index in [2.05, 4.69) is 22.0 Å². The van der Waals surface area contributed by atoms with Crippen LogP contribution in [0.4, 0.5) is 5.69 Å². The van der Waals surface area contributed by atoms with E-state index < -0.39 is 0 Å². The molecule has 8 nitrogen and oxygen atoms in total. The van der Waals surface area contributed by atoms with Gasteiger partial charge in [0.2, 0.25) is 11.7 Å². The number of rotatable bonds is 7. The maximum Gasteiger partial charge on any atom is 0.272 e. The Kier molecular flexibility index (Phi) is 6.56. The zero-order chi connectivity index (χ0) is 23.7. The molecule has 0 spiro atoms. The van der Waals surface area contributed by atoms with Crippen LogP contribution in [0.25, 0.3) is 16.0 Å². The van der Waals surface area contributed by atoms with Crippen molar-refractivity contribution in [3.8, 4) is 0 Å². The zero-order valence-electron chi connectivity index (χ0n) is 19.1. The van der Waals surface area contributed by atoms with Crippen LogP contribution in [0.2, 0.25) is 5.02 Å². The number of carbonyl (C=O) groups excluding carboxylic acids is 1. The lowest BCUT2D eigenvalue weighted by Crippen LogP contribution is -2.48. The Morgan fingerprint density at radius 3 is 2.74 bits per heavy atom. The first-order chi connectivity index (χ1) is 16.6. The Morgan fingerprint density at radius 2 is 1.97 bits per heavy atom. The van der Waals surface area contributed by atoms with Crippen molar-refractivity contribution in [1.82, 2.24) is 24.1 Å². The third-order valence-corrected chi connectivity index (χ3v) is 7.51. The molecule has 1 amide bonds. The number of unbranched alkanes of at least 4 members (excludes halogenated alkanes) is 1. The lowest BCUT2D eigenvalue weighted by molar-refractivity contribution is -0.131. The normalized spacial score (nSPS) is 14.4. The van der Waals surface area contributed by atoms with E-state index in [9.17, 15) is 9.59 Å². The largest absolute Gasteiger partial charge is 0.368 e. The number of piperazine rings is 1. The topological polar surface area (TPSA) is 75.7 Å². The van der Waals surface area contributed by atoms with Crippen LogP contribution in [-0.2, 0) is 17.8 Å². The molecule has 0 N–H and O–H groups in total. The molecule has 34 heavy (non-hydrogen) atoms. The molecule has 178 valence electrons. The van der Waals surface area contributed by atoms with Gasteiger partial charge in [0.1, 0.15) is 10.5 Å². The number of anilines is 1. The second-order valence-corrected chi connectivity index (χ2v) is 9.90.